The zero-order valence-electron chi connectivity index (χ0n) is 16.3. The zero-order valence-corrected chi connectivity index (χ0v) is 16.3. The summed E-state index contributed by atoms with van der Waals surface area (Å²) in [6.07, 6.45) is 4.88. The number of carbonyl (C=O) groups excluding carboxylic acids is 2. The minimum atomic E-state index is -0.570. The van der Waals surface area contributed by atoms with Crippen molar-refractivity contribution < 1.29 is 14.0 Å². The lowest BCUT2D eigenvalue weighted by molar-refractivity contribution is -0.116. The third-order valence-corrected chi connectivity index (χ3v) is 5.26. The largest absolute Gasteiger partial charge is 0.339 e. The summed E-state index contributed by atoms with van der Waals surface area (Å²) in [6, 6.07) is 4.77. The van der Waals surface area contributed by atoms with Gasteiger partial charge >= 0.3 is 0 Å². The second kappa shape index (κ2) is 8.83. The first-order chi connectivity index (χ1) is 12.9. The number of hydrogen-bond donors (Lipinski definition) is 2. The second-order valence-electron chi connectivity index (χ2n) is 8.26. The third-order valence-electron chi connectivity index (χ3n) is 5.26. The Morgan fingerprint density at radius 3 is 2.48 bits per heavy atom. The topological polar surface area (TPSA) is 61.4 Å². The summed E-state index contributed by atoms with van der Waals surface area (Å²) >= 11 is 0. The SMILES string of the molecule is CC(C)CC(=O)Nc1ccc(C(=O)N2CCC(NCC3CC3)CC2)cc1F. The van der Waals surface area contributed by atoms with Crippen LogP contribution in [0.15, 0.2) is 18.2 Å². The van der Waals surface area contributed by atoms with E-state index in [1.54, 1.807) is 11.0 Å². The maximum Gasteiger partial charge on any atom is 0.253 e. The molecule has 1 aromatic carbocycles. The van der Waals surface area contributed by atoms with Crippen molar-refractivity contribution in [2.24, 2.45) is 11.8 Å². The molecule has 1 heterocycles. The van der Waals surface area contributed by atoms with E-state index in [9.17, 15) is 14.0 Å². The standard InChI is InChI=1S/C21H30FN3O2/c1-14(2)11-20(26)24-19-6-5-16(12-18(19)22)21(27)25-9-7-17(8-10-25)23-13-15-3-4-15/h5-6,12,14-15,17,23H,3-4,7-11,13H2,1-2H3,(H,24,26). The van der Waals surface area contributed by atoms with Gasteiger partial charge in [-0.25, -0.2) is 4.39 Å². The number of hydrogen-bond acceptors (Lipinski definition) is 3. The van der Waals surface area contributed by atoms with Crippen molar-refractivity contribution in [3.8, 4) is 0 Å². The van der Waals surface area contributed by atoms with E-state index in [4.69, 9.17) is 0 Å². The van der Waals surface area contributed by atoms with Crippen molar-refractivity contribution >= 4 is 17.5 Å². The molecule has 1 aliphatic heterocycles. The Hall–Kier alpha value is -1.95. The second-order valence-corrected chi connectivity index (χ2v) is 8.26. The van der Waals surface area contributed by atoms with Crippen LogP contribution in [0.5, 0.6) is 0 Å². The van der Waals surface area contributed by atoms with Crippen molar-refractivity contribution in [3.63, 3.8) is 0 Å². The van der Waals surface area contributed by atoms with Crippen LogP contribution in [-0.2, 0) is 4.79 Å². The molecule has 0 spiro atoms. The molecule has 2 N–H and O–H groups in total. The van der Waals surface area contributed by atoms with Gasteiger partial charge in [0, 0.05) is 31.1 Å². The summed E-state index contributed by atoms with van der Waals surface area (Å²) in [5.41, 5.74) is 0.457. The molecule has 0 bridgehead atoms. The molecule has 0 radical (unpaired) electrons. The maximum absolute atomic E-state index is 14.3. The van der Waals surface area contributed by atoms with Gasteiger partial charge in [-0.1, -0.05) is 13.8 Å². The van der Waals surface area contributed by atoms with Gasteiger partial charge < -0.3 is 15.5 Å². The summed E-state index contributed by atoms with van der Waals surface area (Å²) in [4.78, 5) is 26.3. The van der Waals surface area contributed by atoms with Crippen molar-refractivity contribution in [3.05, 3.63) is 29.6 Å². The summed E-state index contributed by atoms with van der Waals surface area (Å²) in [5.74, 6) is 0.125. The molecule has 2 amide bonds. The van der Waals surface area contributed by atoms with Crippen molar-refractivity contribution in [2.75, 3.05) is 25.0 Å². The number of halogens is 1. The monoisotopic (exact) mass is 375 g/mol. The Labute approximate surface area is 160 Å². The average Bonchev–Trinajstić information content (AvgIpc) is 3.45. The number of nitrogens with one attached hydrogen (secondary N) is 2. The highest BCUT2D eigenvalue weighted by Crippen LogP contribution is 2.28. The van der Waals surface area contributed by atoms with Crippen LogP contribution in [-0.4, -0.2) is 42.4 Å². The first-order valence-electron chi connectivity index (χ1n) is 10.0. The molecular formula is C21H30FN3O2. The first kappa shape index (κ1) is 19.8. The summed E-state index contributed by atoms with van der Waals surface area (Å²) in [7, 11) is 0. The molecule has 0 aromatic heterocycles. The highest BCUT2D eigenvalue weighted by Gasteiger charge is 2.26. The van der Waals surface area contributed by atoms with Gasteiger partial charge in [0.05, 0.1) is 5.69 Å². The molecule has 5 nitrogen and oxygen atoms in total. The normalized spacial score (nSPS) is 18.0. The minimum Gasteiger partial charge on any atom is -0.339 e. The van der Waals surface area contributed by atoms with Crippen molar-refractivity contribution in [1.29, 1.82) is 0 Å². The number of carbonyl (C=O) groups is 2. The van der Waals surface area contributed by atoms with Gasteiger partial charge in [-0.15, -0.1) is 0 Å². The quantitative estimate of drug-likeness (QED) is 0.768. The Balaban J connectivity index is 1.52. The predicted molar refractivity (Wildman–Crippen MR) is 104 cm³/mol. The fourth-order valence-electron chi connectivity index (χ4n) is 3.45. The Bertz CT molecular complexity index is 680. The van der Waals surface area contributed by atoms with Gasteiger partial charge in [0.1, 0.15) is 5.82 Å². The van der Waals surface area contributed by atoms with Crippen LogP contribution in [0, 0.1) is 17.7 Å². The number of nitrogens with zero attached hydrogens (tertiary/aromatic N) is 1. The first-order valence-corrected chi connectivity index (χ1v) is 10.0. The van der Waals surface area contributed by atoms with Gasteiger partial charge in [0.25, 0.3) is 5.91 Å². The lowest BCUT2D eigenvalue weighted by Crippen LogP contribution is -2.45. The molecule has 3 rings (SSSR count). The molecule has 1 aromatic rings. The van der Waals surface area contributed by atoms with E-state index < -0.39 is 5.82 Å². The van der Waals surface area contributed by atoms with Crippen LogP contribution in [0.25, 0.3) is 0 Å². The molecular weight excluding hydrogens is 345 g/mol. The third kappa shape index (κ3) is 5.76. The summed E-state index contributed by atoms with van der Waals surface area (Å²) in [6.45, 7) is 6.34. The maximum atomic E-state index is 14.3. The molecule has 2 aliphatic rings. The van der Waals surface area contributed by atoms with Crippen LogP contribution in [0.3, 0.4) is 0 Å². The van der Waals surface area contributed by atoms with E-state index in [0.29, 0.717) is 31.1 Å². The molecule has 0 unspecified atom stereocenters. The fourth-order valence-corrected chi connectivity index (χ4v) is 3.45. The van der Waals surface area contributed by atoms with Crippen LogP contribution in [0.1, 0.15) is 56.3 Å². The van der Waals surface area contributed by atoms with Gasteiger partial charge in [-0.05, 0) is 62.3 Å². The van der Waals surface area contributed by atoms with E-state index in [1.807, 2.05) is 13.8 Å². The lowest BCUT2D eigenvalue weighted by atomic mass is 10.0. The van der Waals surface area contributed by atoms with Crippen molar-refractivity contribution in [1.82, 2.24) is 10.2 Å². The molecule has 0 atom stereocenters. The number of rotatable bonds is 7. The molecule has 148 valence electrons. The van der Waals surface area contributed by atoms with Crippen LogP contribution in [0.4, 0.5) is 10.1 Å². The van der Waals surface area contributed by atoms with Crippen LogP contribution in [0.2, 0.25) is 0 Å². The predicted octanol–water partition coefficient (Wildman–Crippen LogP) is 3.41. The van der Waals surface area contributed by atoms with Gasteiger partial charge in [-0.2, -0.15) is 0 Å². The molecule has 1 saturated carbocycles. The molecule has 1 saturated heterocycles. The van der Waals surface area contributed by atoms with Gasteiger partial charge in [0.15, 0.2) is 0 Å². The number of likely N-dealkylation sites (tertiary alicyclic amines) is 1. The molecule has 1 aliphatic carbocycles. The smallest absolute Gasteiger partial charge is 0.253 e. The van der Waals surface area contributed by atoms with Crippen LogP contribution >= 0.6 is 0 Å². The van der Waals surface area contributed by atoms with E-state index in [2.05, 4.69) is 10.6 Å². The molecule has 6 heteroatoms. The van der Waals surface area contributed by atoms with Crippen molar-refractivity contribution in [2.45, 2.75) is 52.0 Å². The van der Waals surface area contributed by atoms with Crippen LogP contribution < -0.4 is 10.6 Å². The number of piperidine rings is 1. The highest BCUT2D eigenvalue weighted by molar-refractivity contribution is 5.96. The minimum absolute atomic E-state index is 0.125. The Morgan fingerprint density at radius 1 is 1.19 bits per heavy atom. The highest BCUT2D eigenvalue weighted by atomic mass is 19.1. The summed E-state index contributed by atoms with van der Waals surface area (Å²) < 4.78 is 14.3. The van der Waals surface area contributed by atoms with E-state index in [0.717, 1.165) is 25.3 Å². The molecule has 2 fully saturated rings. The van der Waals surface area contributed by atoms with Gasteiger partial charge in [-0.3, -0.25) is 9.59 Å². The van der Waals surface area contributed by atoms with E-state index in [-0.39, 0.29) is 23.4 Å². The zero-order chi connectivity index (χ0) is 19.4. The average molecular weight is 375 g/mol. The van der Waals surface area contributed by atoms with E-state index in [1.165, 1.54) is 25.0 Å². The lowest BCUT2D eigenvalue weighted by Gasteiger charge is -2.32. The number of amides is 2. The fraction of sp³-hybridized carbons (Fsp3) is 0.619. The summed E-state index contributed by atoms with van der Waals surface area (Å²) in [5, 5.41) is 6.17. The molecule has 27 heavy (non-hydrogen) atoms. The Morgan fingerprint density at radius 2 is 1.89 bits per heavy atom. The Kier molecular flexibility index (Phi) is 6.47. The number of benzene rings is 1. The van der Waals surface area contributed by atoms with Gasteiger partial charge in [0.2, 0.25) is 5.91 Å². The van der Waals surface area contributed by atoms with E-state index >= 15 is 0 Å². The number of anilines is 1.